The van der Waals surface area contributed by atoms with Crippen molar-refractivity contribution in [3.8, 4) is 5.75 Å². The van der Waals surface area contributed by atoms with E-state index >= 15 is 0 Å². The van der Waals surface area contributed by atoms with Crippen molar-refractivity contribution in [1.29, 1.82) is 0 Å². The normalized spacial score (nSPS) is 16.6. The highest BCUT2D eigenvalue weighted by atomic mass is 19.3. The van der Waals surface area contributed by atoms with Crippen LogP contribution in [0.5, 0.6) is 5.75 Å². The summed E-state index contributed by atoms with van der Waals surface area (Å²) in [7, 11) is 1.74. The summed E-state index contributed by atoms with van der Waals surface area (Å²) in [5.74, 6) is 2.05. The molecule has 0 aliphatic carbocycles. The van der Waals surface area contributed by atoms with Crippen molar-refractivity contribution in [3.63, 3.8) is 0 Å². The summed E-state index contributed by atoms with van der Waals surface area (Å²) in [5.41, 5.74) is 0.951. The number of guanidine groups is 1. The summed E-state index contributed by atoms with van der Waals surface area (Å²) < 4.78 is 29.5. The number of piperidine rings is 1. The smallest absolute Gasteiger partial charge is 0.272 e. The van der Waals surface area contributed by atoms with Gasteiger partial charge in [0.1, 0.15) is 12.4 Å². The van der Waals surface area contributed by atoms with Gasteiger partial charge in [-0.15, -0.1) is 0 Å². The quantitative estimate of drug-likeness (QED) is 0.391. The Morgan fingerprint density at radius 1 is 1.30 bits per heavy atom. The highest BCUT2D eigenvalue weighted by molar-refractivity contribution is 5.79. The highest BCUT2D eigenvalue weighted by Crippen LogP contribution is 2.16. The number of nitrogens with zero attached hydrogens (tertiary/aromatic N) is 2. The maximum atomic E-state index is 12.2. The van der Waals surface area contributed by atoms with Gasteiger partial charge in [0.05, 0.1) is 0 Å². The molecule has 0 unspecified atom stereocenters. The lowest BCUT2D eigenvalue weighted by Gasteiger charge is -2.30. The minimum Gasteiger partial charge on any atom is -0.488 e. The number of halogens is 2. The molecule has 1 heterocycles. The highest BCUT2D eigenvalue weighted by Gasteiger charge is 2.14. The van der Waals surface area contributed by atoms with E-state index in [1.165, 1.54) is 25.9 Å². The first-order chi connectivity index (χ1) is 13.1. The van der Waals surface area contributed by atoms with E-state index in [-0.39, 0.29) is 0 Å². The molecule has 0 spiro atoms. The Morgan fingerprint density at radius 2 is 2.07 bits per heavy atom. The van der Waals surface area contributed by atoms with Gasteiger partial charge in [-0.05, 0) is 62.5 Å². The molecular weight excluding hydrogens is 350 g/mol. The van der Waals surface area contributed by atoms with Gasteiger partial charge in [-0.2, -0.15) is 0 Å². The van der Waals surface area contributed by atoms with Gasteiger partial charge in [0.25, 0.3) is 6.43 Å². The molecule has 2 rings (SSSR count). The van der Waals surface area contributed by atoms with Gasteiger partial charge in [0, 0.05) is 20.1 Å². The van der Waals surface area contributed by atoms with Crippen LogP contribution >= 0.6 is 0 Å². The molecule has 152 valence electrons. The minimum atomic E-state index is -2.47. The van der Waals surface area contributed by atoms with Crippen LogP contribution in [0.2, 0.25) is 0 Å². The monoisotopic (exact) mass is 382 g/mol. The van der Waals surface area contributed by atoms with Crippen LogP contribution in [0.1, 0.15) is 31.7 Å². The average Bonchev–Trinajstić information content (AvgIpc) is 2.67. The van der Waals surface area contributed by atoms with Crippen molar-refractivity contribution in [2.45, 2.75) is 39.2 Å². The standard InChI is InChI=1S/C20H32F2N4O/c1-16-7-11-26(12-8-16)10-4-9-24-20(23-2)25-14-17-5-3-6-18(13-17)27-15-19(21)22/h3,5-6,13,16,19H,4,7-12,14-15H2,1-2H3,(H2,23,24,25). The molecule has 0 amide bonds. The lowest BCUT2D eigenvalue weighted by molar-refractivity contribution is 0.0818. The first kappa shape index (κ1) is 21.4. The summed E-state index contributed by atoms with van der Waals surface area (Å²) in [4.78, 5) is 6.76. The molecule has 27 heavy (non-hydrogen) atoms. The maximum absolute atomic E-state index is 12.2. The van der Waals surface area contributed by atoms with E-state index < -0.39 is 13.0 Å². The van der Waals surface area contributed by atoms with E-state index in [0.717, 1.165) is 37.0 Å². The molecule has 0 saturated carbocycles. The van der Waals surface area contributed by atoms with Crippen LogP contribution < -0.4 is 15.4 Å². The van der Waals surface area contributed by atoms with Crippen LogP contribution in [0.3, 0.4) is 0 Å². The van der Waals surface area contributed by atoms with E-state index in [0.29, 0.717) is 12.3 Å². The van der Waals surface area contributed by atoms with Gasteiger partial charge in [0.2, 0.25) is 0 Å². The largest absolute Gasteiger partial charge is 0.488 e. The van der Waals surface area contributed by atoms with E-state index in [9.17, 15) is 8.78 Å². The topological polar surface area (TPSA) is 48.9 Å². The first-order valence-electron chi connectivity index (χ1n) is 9.73. The average molecular weight is 382 g/mol. The minimum absolute atomic E-state index is 0.452. The van der Waals surface area contributed by atoms with Crippen LogP contribution in [0.4, 0.5) is 8.78 Å². The fourth-order valence-corrected chi connectivity index (χ4v) is 3.11. The van der Waals surface area contributed by atoms with Gasteiger partial charge < -0.3 is 20.3 Å². The third-order valence-electron chi connectivity index (χ3n) is 4.78. The maximum Gasteiger partial charge on any atom is 0.272 e. The lowest BCUT2D eigenvalue weighted by atomic mass is 9.99. The van der Waals surface area contributed by atoms with Gasteiger partial charge >= 0.3 is 0 Å². The molecule has 5 nitrogen and oxygen atoms in total. The van der Waals surface area contributed by atoms with E-state index in [2.05, 4.69) is 27.4 Å². The molecule has 1 aliphatic heterocycles. The molecule has 2 N–H and O–H groups in total. The van der Waals surface area contributed by atoms with Crippen LogP contribution in [0, 0.1) is 5.92 Å². The van der Waals surface area contributed by atoms with Crippen LogP contribution in [0.25, 0.3) is 0 Å². The lowest BCUT2D eigenvalue weighted by Crippen LogP contribution is -2.39. The fourth-order valence-electron chi connectivity index (χ4n) is 3.11. The predicted molar refractivity (Wildman–Crippen MR) is 106 cm³/mol. The molecule has 7 heteroatoms. The summed E-state index contributed by atoms with van der Waals surface area (Å²) in [6.07, 6.45) is 1.21. The van der Waals surface area contributed by atoms with Crippen molar-refractivity contribution in [2.75, 3.05) is 39.8 Å². The third kappa shape index (κ3) is 8.56. The predicted octanol–water partition coefficient (Wildman–Crippen LogP) is 3.12. The number of likely N-dealkylation sites (tertiary alicyclic amines) is 1. The van der Waals surface area contributed by atoms with Crippen LogP contribution in [-0.2, 0) is 6.54 Å². The molecule has 1 saturated heterocycles. The van der Waals surface area contributed by atoms with E-state index in [1.54, 1.807) is 25.2 Å². The number of rotatable bonds is 9. The summed E-state index contributed by atoms with van der Waals surface area (Å²) in [5, 5.41) is 6.57. The van der Waals surface area contributed by atoms with Gasteiger partial charge in [-0.25, -0.2) is 8.78 Å². The number of nitrogens with one attached hydrogen (secondary N) is 2. The van der Waals surface area contributed by atoms with E-state index in [4.69, 9.17) is 4.74 Å². The summed E-state index contributed by atoms with van der Waals surface area (Å²) in [6, 6.07) is 7.17. The second-order valence-electron chi connectivity index (χ2n) is 7.08. The molecule has 0 bridgehead atoms. The van der Waals surface area contributed by atoms with Crippen molar-refractivity contribution in [3.05, 3.63) is 29.8 Å². The zero-order valence-electron chi connectivity index (χ0n) is 16.4. The number of aliphatic imine (C=N–C) groups is 1. The van der Waals surface area contributed by atoms with Gasteiger partial charge in [-0.3, -0.25) is 4.99 Å². The van der Waals surface area contributed by atoms with Crippen molar-refractivity contribution in [1.82, 2.24) is 15.5 Å². The zero-order valence-corrected chi connectivity index (χ0v) is 16.4. The van der Waals surface area contributed by atoms with E-state index in [1.807, 2.05) is 6.07 Å². The van der Waals surface area contributed by atoms with Crippen molar-refractivity contribution < 1.29 is 13.5 Å². The Bertz CT molecular complexity index is 575. The molecule has 0 atom stereocenters. The van der Waals surface area contributed by atoms with Crippen LogP contribution in [-0.4, -0.2) is 57.1 Å². The molecule has 1 aliphatic rings. The Balaban J connectivity index is 1.65. The Morgan fingerprint density at radius 3 is 2.78 bits per heavy atom. The molecule has 1 fully saturated rings. The van der Waals surface area contributed by atoms with Gasteiger partial charge in [0.15, 0.2) is 5.96 Å². The Labute approximate surface area is 161 Å². The molecule has 1 aromatic rings. The number of benzene rings is 1. The number of hydrogen-bond donors (Lipinski definition) is 2. The SMILES string of the molecule is CN=C(NCCCN1CCC(C)CC1)NCc1cccc(OCC(F)F)c1. The number of ether oxygens (including phenoxy) is 1. The molecule has 0 radical (unpaired) electrons. The van der Waals surface area contributed by atoms with Crippen molar-refractivity contribution in [2.24, 2.45) is 10.9 Å². The number of alkyl halides is 2. The summed E-state index contributed by atoms with van der Waals surface area (Å²) in [6.45, 7) is 6.68. The second-order valence-corrected chi connectivity index (χ2v) is 7.08. The zero-order chi connectivity index (χ0) is 19.5. The van der Waals surface area contributed by atoms with Crippen molar-refractivity contribution >= 4 is 5.96 Å². The first-order valence-corrected chi connectivity index (χ1v) is 9.73. The molecule has 0 aromatic heterocycles. The fraction of sp³-hybridized carbons (Fsp3) is 0.650. The number of hydrogen-bond acceptors (Lipinski definition) is 3. The molecule has 1 aromatic carbocycles. The second kappa shape index (κ2) is 11.7. The Hall–Kier alpha value is -1.89. The third-order valence-corrected chi connectivity index (χ3v) is 4.78. The summed E-state index contributed by atoms with van der Waals surface area (Å²) >= 11 is 0. The van der Waals surface area contributed by atoms with Gasteiger partial charge in [-0.1, -0.05) is 19.1 Å². The molecular formula is C20H32F2N4O. The van der Waals surface area contributed by atoms with Crippen LogP contribution in [0.15, 0.2) is 29.3 Å². The Kier molecular flexibility index (Phi) is 9.31.